The molecular weight excluding hydrogens is 206 g/mol. The second kappa shape index (κ2) is 3.40. The molecule has 0 bridgehead atoms. The third-order valence-corrected chi connectivity index (χ3v) is 2.59. The van der Waals surface area contributed by atoms with Crippen molar-refractivity contribution in [1.82, 2.24) is 0 Å². The number of fused-ring (bicyclic) bond motifs is 1. The van der Waals surface area contributed by atoms with Crippen LogP contribution in [0.25, 0.3) is 0 Å². The Balaban J connectivity index is 2.53. The summed E-state index contributed by atoms with van der Waals surface area (Å²) < 4.78 is 10.5. The number of carbonyl (C=O) groups excluding carboxylic acids is 1. The lowest BCUT2D eigenvalue weighted by Crippen LogP contribution is -2.25. The molecule has 1 aromatic rings. The van der Waals surface area contributed by atoms with Crippen LogP contribution >= 0.6 is 0 Å². The van der Waals surface area contributed by atoms with Crippen molar-refractivity contribution < 1.29 is 14.3 Å². The number of rotatable bonds is 1. The third-order valence-electron chi connectivity index (χ3n) is 2.59. The Morgan fingerprint density at radius 3 is 2.81 bits per heavy atom. The first-order chi connectivity index (χ1) is 7.43. The van der Waals surface area contributed by atoms with Crippen LogP contribution < -0.4 is 10.5 Å². The van der Waals surface area contributed by atoms with Crippen LogP contribution in [0.15, 0.2) is 12.1 Å². The molecule has 0 saturated heterocycles. The van der Waals surface area contributed by atoms with E-state index in [4.69, 9.17) is 15.2 Å². The van der Waals surface area contributed by atoms with Gasteiger partial charge in [0.1, 0.15) is 16.9 Å². The van der Waals surface area contributed by atoms with Crippen molar-refractivity contribution in [2.45, 2.75) is 25.9 Å². The molecule has 1 aliphatic rings. The Morgan fingerprint density at radius 2 is 2.19 bits per heavy atom. The molecule has 2 N–H and O–H groups in total. The van der Waals surface area contributed by atoms with Crippen molar-refractivity contribution in [3.63, 3.8) is 0 Å². The first-order valence-corrected chi connectivity index (χ1v) is 5.13. The third kappa shape index (κ3) is 1.71. The van der Waals surface area contributed by atoms with Crippen molar-refractivity contribution in [3.8, 4) is 5.75 Å². The van der Waals surface area contributed by atoms with Crippen molar-refractivity contribution >= 4 is 11.7 Å². The van der Waals surface area contributed by atoms with E-state index in [1.807, 2.05) is 19.9 Å². The summed E-state index contributed by atoms with van der Waals surface area (Å²) in [7, 11) is 1.35. The second-order valence-corrected chi connectivity index (χ2v) is 4.59. The highest BCUT2D eigenvalue weighted by Crippen LogP contribution is 2.39. The lowest BCUT2D eigenvalue weighted by Gasteiger charge is -2.17. The number of anilines is 1. The minimum Gasteiger partial charge on any atom is -0.486 e. The van der Waals surface area contributed by atoms with E-state index >= 15 is 0 Å². The topological polar surface area (TPSA) is 61.5 Å². The molecule has 1 heterocycles. The molecule has 0 aromatic heterocycles. The highest BCUT2D eigenvalue weighted by Gasteiger charge is 2.33. The van der Waals surface area contributed by atoms with Gasteiger partial charge < -0.3 is 15.2 Å². The smallest absolute Gasteiger partial charge is 0.341 e. The molecule has 0 aliphatic carbocycles. The Hall–Kier alpha value is -1.71. The number of carbonyl (C=O) groups is 1. The fourth-order valence-electron chi connectivity index (χ4n) is 2.00. The first-order valence-electron chi connectivity index (χ1n) is 5.13. The van der Waals surface area contributed by atoms with E-state index in [9.17, 15) is 4.79 Å². The fraction of sp³-hybridized carbons (Fsp3) is 0.417. The average molecular weight is 221 g/mol. The number of hydrogen-bond donors (Lipinski definition) is 1. The summed E-state index contributed by atoms with van der Waals surface area (Å²) >= 11 is 0. The summed E-state index contributed by atoms with van der Waals surface area (Å²) in [6, 6.07) is 3.43. The molecule has 0 unspecified atom stereocenters. The van der Waals surface area contributed by atoms with Crippen molar-refractivity contribution in [3.05, 3.63) is 23.3 Å². The quantitative estimate of drug-likeness (QED) is 0.580. The van der Waals surface area contributed by atoms with Gasteiger partial charge in [0.2, 0.25) is 0 Å². The maximum Gasteiger partial charge on any atom is 0.341 e. The number of ether oxygens (including phenoxy) is 2. The number of benzene rings is 1. The van der Waals surface area contributed by atoms with Crippen LogP contribution in [-0.2, 0) is 11.2 Å². The van der Waals surface area contributed by atoms with Gasteiger partial charge in [-0.1, -0.05) is 0 Å². The summed E-state index contributed by atoms with van der Waals surface area (Å²) in [6.07, 6.45) is 0.747. The predicted molar refractivity (Wildman–Crippen MR) is 60.6 cm³/mol. The van der Waals surface area contributed by atoms with Crippen LogP contribution in [0, 0.1) is 0 Å². The van der Waals surface area contributed by atoms with Crippen LogP contribution in [0.1, 0.15) is 29.8 Å². The van der Waals surface area contributed by atoms with E-state index in [-0.39, 0.29) is 5.60 Å². The van der Waals surface area contributed by atoms with Crippen LogP contribution in [0.2, 0.25) is 0 Å². The van der Waals surface area contributed by atoms with Gasteiger partial charge in [-0.15, -0.1) is 0 Å². The van der Waals surface area contributed by atoms with Gasteiger partial charge in [-0.2, -0.15) is 0 Å². The summed E-state index contributed by atoms with van der Waals surface area (Å²) in [5, 5.41) is 0. The largest absolute Gasteiger partial charge is 0.486 e. The van der Waals surface area contributed by atoms with Gasteiger partial charge in [-0.05, 0) is 26.0 Å². The average Bonchev–Trinajstić information content (AvgIpc) is 2.49. The minimum atomic E-state index is -0.416. The fourth-order valence-corrected chi connectivity index (χ4v) is 2.00. The maximum atomic E-state index is 11.6. The normalized spacial score (nSPS) is 16.4. The van der Waals surface area contributed by atoms with E-state index in [2.05, 4.69) is 0 Å². The van der Waals surface area contributed by atoms with Crippen LogP contribution in [0.5, 0.6) is 5.75 Å². The number of methoxy groups -OCH3 is 1. The summed E-state index contributed by atoms with van der Waals surface area (Å²) in [4.78, 5) is 11.6. The number of nitrogens with two attached hydrogens (primary N) is 1. The zero-order valence-electron chi connectivity index (χ0n) is 9.66. The Labute approximate surface area is 94.3 Å². The second-order valence-electron chi connectivity index (χ2n) is 4.59. The molecule has 4 nitrogen and oxygen atoms in total. The molecule has 0 atom stereocenters. The van der Waals surface area contributed by atoms with Gasteiger partial charge in [0.25, 0.3) is 0 Å². The SMILES string of the molecule is COC(=O)c1cc(N)cc2c1OC(C)(C)C2. The number of hydrogen-bond acceptors (Lipinski definition) is 4. The van der Waals surface area contributed by atoms with Crippen molar-refractivity contribution in [2.24, 2.45) is 0 Å². The van der Waals surface area contributed by atoms with Crippen LogP contribution in [0.3, 0.4) is 0 Å². The standard InChI is InChI=1S/C12H15NO3/c1-12(2)6-7-4-8(13)5-9(10(7)16-12)11(14)15-3/h4-5H,6,13H2,1-3H3. The van der Waals surface area contributed by atoms with Gasteiger partial charge in [-0.3, -0.25) is 0 Å². The Bertz CT molecular complexity index is 452. The highest BCUT2D eigenvalue weighted by atomic mass is 16.5. The van der Waals surface area contributed by atoms with Crippen LogP contribution in [-0.4, -0.2) is 18.7 Å². The molecule has 1 aliphatic heterocycles. The van der Waals surface area contributed by atoms with Gasteiger partial charge >= 0.3 is 5.97 Å². The molecule has 16 heavy (non-hydrogen) atoms. The van der Waals surface area contributed by atoms with Gasteiger partial charge in [0.05, 0.1) is 7.11 Å². The van der Waals surface area contributed by atoms with E-state index in [1.54, 1.807) is 6.07 Å². The lowest BCUT2D eigenvalue weighted by molar-refractivity contribution is 0.0590. The summed E-state index contributed by atoms with van der Waals surface area (Å²) in [6.45, 7) is 3.95. The number of esters is 1. The van der Waals surface area contributed by atoms with Crippen molar-refractivity contribution in [2.75, 3.05) is 12.8 Å². The summed E-state index contributed by atoms with van der Waals surface area (Å²) in [5.41, 5.74) is 7.38. The zero-order valence-corrected chi connectivity index (χ0v) is 9.66. The lowest BCUT2D eigenvalue weighted by atomic mass is 10.00. The Morgan fingerprint density at radius 1 is 1.50 bits per heavy atom. The zero-order chi connectivity index (χ0) is 11.9. The van der Waals surface area contributed by atoms with E-state index < -0.39 is 5.97 Å². The first kappa shape index (κ1) is 10.8. The molecule has 0 fully saturated rings. The van der Waals surface area contributed by atoms with Gasteiger partial charge in [0, 0.05) is 17.7 Å². The van der Waals surface area contributed by atoms with Crippen molar-refractivity contribution in [1.29, 1.82) is 0 Å². The molecule has 1 aromatic carbocycles. The minimum absolute atomic E-state index is 0.293. The van der Waals surface area contributed by atoms with Crippen LogP contribution in [0.4, 0.5) is 5.69 Å². The van der Waals surface area contributed by atoms with E-state index in [1.165, 1.54) is 7.11 Å². The number of nitrogen functional groups attached to an aromatic ring is 1. The molecule has 0 amide bonds. The highest BCUT2D eigenvalue weighted by molar-refractivity contribution is 5.94. The Kier molecular flexibility index (Phi) is 2.30. The molecule has 0 spiro atoms. The monoisotopic (exact) mass is 221 g/mol. The van der Waals surface area contributed by atoms with Gasteiger partial charge in [-0.25, -0.2) is 4.79 Å². The molecule has 4 heteroatoms. The molecule has 0 saturated carbocycles. The molecule has 0 radical (unpaired) electrons. The molecule has 86 valence electrons. The van der Waals surface area contributed by atoms with Gasteiger partial charge in [0.15, 0.2) is 0 Å². The molecular formula is C12H15NO3. The molecule has 2 rings (SSSR count). The van der Waals surface area contributed by atoms with E-state index in [0.717, 1.165) is 12.0 Å². The van der Waals surface area contributed by atoms with E-state index in [0.29, 0.717) is 17.0 Å². The predicted octanol–water partition coefficient (Wildman–Crippen LogP) is 1.77. The maximum absolute atomic E-state index is 11.6. The summed E-state index contributed by atoms with van der Waals surface area (Å²) in [5.74, 6) is 0.187.